The minimum atomic E-state index is -3.73. The van der Waals surface area contributed by atoms with Crippen LogP contribution in [-0.2, 0) is 16.4 Å². The van der Waals surface area contributed by atoms with Gasteiger partial charge in [0.15, 0.2) is 5.82 Å². The molecule has 0 N–H and O–H groups in total. The minimum absolute atomic E-state index is 0.138. The number of aromatic nitrogens is 2. The van der Waals surface area contributed by atoms with Crippen molar-refractivity contribution < 1.29 is 12.8 Å². The standard InChI is InChI=1S/C22H20FN3O2S/c1-14-11-17(8-9-19(14)23)29(27,28)26-16-7-10-21(26)18-13-24-22(25-20(18)12-16)15-5-3-2-4-6-15/h2-6,8-9,11,13,16,21H,7,10,12H2,1H3/t16-,21+/m0/s1. The van der Waals surface area contributed by atoms with Crippen LogP contribution < -0.4 is 0 Å². The van der Waals surface area contributed by atoms with Gasteiger partial charge in [0.05, 0.1) is 16.6 Å². The fourth-order valence-corrected chi connectivity index (χ4v) is 6.36. The highest BCUT2D eigenvalue weighted by Crippen LogP contribution is 2.46. The van der Waals surface area contributed by atoms with E-state index in [2.05, 4.69) is 4.98 Å². The smallest absolute Gasteiger partial charge is 0.236 e. The molecule has 0 saturated carbocycles. The number of nitrogens with zero attached hydrogens (tertiary/aromatic N) is 3. The SMILES string of the molecule is Cc1cc(S(=O)(=O)N2[C@H]3CC[C@@H]2c2cnc(-c4ccccc4)nc2C3)ccc1F. The van der Waals surface area contributed by atoms with Crippen LogP contribution in [0, 0.1) is 12.7 Å². The Morgan fingerprint density at radius 2 is 1.90 bits per heavy atom. The predicted molar refractivity (Wildman–Crippen MR) is 107 cm³/mol. The van der Waals surface area contributed by atoms with E-state index in [-0.39, 0.29) is 17.0 Å². The van der Waals surface area contributed by atoms with Gasteiger partial charge < -0.3 is 0 Å². The van der Waals surface area contributed by atoms with Crippen molar-refractivity contribution in [1.29, 1.82) is 0 Å². The van der Waals surface area contributed by atoms with Crippen molar-refractivity contribution in [2.24, 2.45) is 0 Å². The third-order valence-electron chi connectivity index (χ3n) is 5.87. The van der Waals surface area contributed by atoms with E-state index in [9.17, 15) is 12.8 Å². The zero-order valence-corrected chi connectivity index (χ0v) is 16.7. The first-order valence-electron chi connectivity index (χ1n) is 9.66. The van der Waals surface area contributed by atoms with E-state index < -0.39 is 15.8 Å². The molecule has 0 spiro atoms. The predicted octanol–water partition coefficient (Wildman–Crippen LogP) is 4.04. The summed E-state index contributed by atoms with van der Waals surface area (Å²) in [4.78, 5) is 9.41. The van der Waals surface area contributed by atoms with Crippen LogP contribution in [0.25, 0.3) is 11.4 Å². The number of hydrogen-bond acceptors (Lipinski definition) is 4. The van der Waals surface area contributed by atoms with Crippen molar-refractivity contribution in [3.05, 3.63) is 77.4 Å². The van der Waals surface area contributed by atoms with E-state index >= 15 is 0 Å². The van der Waals surface area contributed by atoms with Crippen LogP contribution in [0.5, 0.6) is 0 Å². The third kappa shape index (κ3) is 2.96. The molecule has 7 heteroatoms. The Labute approximate surface area is 169 Å². The van der Waals surface area contributed by atoms with E-state index in [1.807, 2.05) is 30.3 Å². The highest BCUT2D eigenvalue weighted by molar-refractivity contribution is 7.89. The molecular weight excluding hydrogens is 389 g/mol. The summed E-state index contributed by atoms with van der Waals surface area (Å²) in [5.74, 6) is 0.256. The molecule has 2 aliphatic heterocycles. The number of sulfonamides is 1. The molecule has 0 radical (unpaired) electrons. The molecule has 2 aromatic carbocycles. The van der Waals surface area contributed by atoms with Gasteiger partial charge in [-0.1, -0.05) is 30.3 Å². The van der Waals surface area contributed by atoms with Gasteiger partial charge in [0.2, 0.25) is 10.0 Å². The molecule has 2 aliphatic rings. The van der Waals surface area contributed by atoms with Crippen molar-refractivity contribution in [1.82, 2.24) is 14.3 Å². The maximum absolute atomic E-state index is 13.6. The highest BCUT2D eigenvalue weighted by atomic mass is 32.2. The van der Waals surface area contributed by atoms with Crippen LogP contribution in [0.3, 0.4) is 0 Å². The van der Waals surface area contributed by atoms with E-state index in [0.717, 1.165) is 29.7 Å². The van der Waals surface area contributed by atoms with E-state index in [1.165, 1.54) is 18.2 Å². The van der Waals surface area contributed by atoms with Crippen LogP contribution in [0.15, 0.2) is 59.6 Å². The molecule has 3 heterocycles. The topological polar surface area (TPSA) is 63.2 Å². The number of rotatable bonds is 3. The van der Waals surface area contributed by atoms with Crippen molar-refractivity contribution in [2.45, 2.75) is 43.2 Å². The van der Waals surface area contributed by atoms with Crippen molar-refractivity contribution in [3.8, 4) is 11.4 Å². The van der Waals surface area contributed by atoms with Crippen molar-refractivity contribution >= 4 is 10.0 Å². The zero-order valence-electron chi connectivity index (χ0n) is 15.9. The summed E-state index contributed by atoms with van der Waals surface area (Å²) in [6.07, 6.45) is 3.86. The Morgan fingerprint density at radius 1 is 1.10 bits per heavy atom. The normalized spacial score (nSPS) is 21.2. The Balaban J connectivity index is 1.54. The zero-order chi connectivity index (χ0) is 20.2. The number of benzene rings is 2. The van der Waals surface area contributed by atoms with Gasteiger partial charge in [-0.15, -0.1) is 0 Å². The number of hydrogen-bond donors (Lipinski definition) is 0. The maximum atomic E-state index is 13.6. The Hall–Kier alpha value is -2.64. The van der Waals surface area contributed by atoms with Gasteiger partial charge >= 0.3 is 0 Å². The summed E-state index contributed by atoms with van der Waals surface area (Å²) in [7, 11) is -3.73. The van der Waals surface area contributed by atoms with Crippen LogP contribution in [-0.4, -0.2) is 28.7 Å². The van der Waals surface area contributed by atoms with E-state index in [4.69, 9.17) is 4.98 Å². The average Bonchev–Trinajstić information content (AvgIpc) is 3.06. The lowest BCUT2D eigenvalue weighted by Gasteiger charge is -2.34. The molecule has 0 aliphatic carbocycles. The summed E-state index contributed by atoms with van der Waals surface area (Å²) >= 11 is 0. The summed E-state index contributed by atoms with van der Waals surface area (Å²) in [6.45, 7) is 1.58. The lowest BCUT2D eigenvalue weighted by molar-refractivity contribution is 0.300. The van der Waals surface area contributed by atoms with E-state index in [1.54, 1.807) is 17.4 Å². The largest absolute Gasteiger partial charge is 0.243 e. The van der Waals surface area contributed by atoms with Crippen LogP contribution in [0.2, 0.25) is 0 Å². The first kappa shape index (κ1) is 18.4. The first-order chi connectivity index (χ1) is 13.9. The molecule has 3 aromatic rings. The Morgan fingerprint density at radius 3 is 2.66 bits per heavy atom. The van der Waals surface area contributed by atoms with Crippen LogP contribution in [0.1, 0.15) is 35.7 Å². The molecule has 1 saturated heterocycles. The lowest BCUT2D eigenvalue weighted by atomic mass is 10.0. The lowest BCUT2D eigenvalue weighted by Crippen LogP contribution is -2.42. The Kier molecular flexibility index (Phi) is 4.26. The van der Waals surface area contributed by atoms with Crippen LogP contribution >= 0.6 is 0 Å². The number of fused-ring (bicyclic) bond motifs is 4. The molecule has 5 rings (SSSR count). The molecule has 148 valence electrons. The fraction of sp³-hybridized carbons (Fsp3) is 0.273. The molecule has 2 bridgehead atoms. The van der Waals surface area contributed by atoms with Gasteiger partial charge in [0.1, 0.15) is 5.82 Å². The molecular formula is C22H20FN3O2S. The molecule has 5 nitrogen and oxygen atoms in total. The monoisotopic (exact) mass is 409 g/mol. The molecule has 1 aromatic heterocycles. The highest BCUT2D eigenvalue weighted by Gasteiger charge is 2.47. The molecule has 0 unspecified atom stereocenters. The minimum Gasteiger partial charge on any atom is -0.236 e. The maximum Gasteiger partial charge on any atom is 0.243 e. The van der Waals surface area contributed by atoms with Gasteiger partial charge in [-0.3, -0.25) is 0 Å². The van der Waals surface area contributed by atoms with E-state index in [0.29, 0.717) is 17.8 Å². The molecule has 29 heavy (non-hydrogen) atoms. The van der Waals surface area contributed by atoms with Gasteiger partial charge in [0, 0.05) is 29.8 Å². The number of aryl methyl sites for hydroxylation is 1. The second kappa shape index (κ2) is 6.71. The second-order valence-electron chi connectivity index (χ2n) is 7.66. The van der Waals surface area contributed by atoms with Crippen molar-refractivity contribution in [3.63, 3.8) is 0 Å². The van der Waals surface area contributed by atoms with Crippen molar-refractivity contribution in [2.75, 3.05) is 0 Å². The van der Waals surface area contributed by atoms with Crippen LogP contribution in [0.4, 0.5) is 4.39 Å². The second-order valence-corrected chi connectivity index (χ2v) is 9.50. The van der Waals surface area contributed by atoms with Gasteiger partial charge in [-0.2, -0.15) is 4.31 Å². The summed E-state index contributed by atoms with van der Waals surface area (Å²) < 4.78 is 42.0. The first-order valence-corrected chi connectivity index (χ1v) is 11.1. The third-order valence-corrected chi connectivity index (χ3v) is 7.82. The van der Waals surface area contributed by atoms with Gasteiger partial charge in [0.25, 0.3) is 0 Å². The molecule has 2 atom stereocenters. The quantitative estimate of drug-likeness (QED) is 0.655. The molecule has 0 amide bonds. The fourth-order valence-electron chi connectivity index (χ4n) is 4.42. The average molecular weight is 409 g/mol. The van der Waals surface area contributed by atoms with Gasteiger partial charge in [-0.25, -0.2) is 22.8 Å². The summed E-state index contributed by atoms with van der Waals surface area (Å²) in [5, 5.41) is 0. The summed E-state index contributed by atoms with van der Waals surface area (Å²) in [5.41, 5.74) is 3.07. The molecule has 1 fully saturated rings. The Bertz CT molecular complexity index is 1200. The summed E-state index contributed by atoms with van der Waals surface area (Å²) in [6, 6.07) is 13.3. The van der Waals surface area contributed by atoms with Gasteiger partial charge in [-0.05, 0) is 43.5 Å². The number of halogens is 1.